The van der Waals surface area contributed by atoms with Crippen molar-refractivity contribution in [1.29, 1.82) is 0 Å². The molecule has 6 nitrogen and oxygen atoms in total. The third-order valence-corrected chi connectivity index (χ3v) is 3.75. The highest BCUT2D eigenvalue weighted by atomic mass is 35.5. The van der Waals surface area contributed by atoms with Crippen molar-refractivity contribution < 1.29 is 4.42 Å². The summed E-state index contributed by atoms with van der Waals surface area (Å²) in [4.78, 5) is 12.0. The first-order chi connectivity index (χ1) is 9.47. The van der Waals surface area contributed by atoms with Crippen molar-refractivity contribution in [3.8, 4) is 0 Å². The normalized spacial score (nSPS) is 11.3. The van der Waals surface area contributed by atoms with E-state index in [2.05, 4.69) is 5.10 Å². The van der Waals surface area contributed by atoms with Crippen molar-refractivity contribution in [2.75, 3.05) is 5.73 Å². The summed E-state index contributed by atoms with van der Waals surface area (Å²) in [5.74, 6) is -0.440. The number of benzene rings is 1. The van der Waals surface area contributed by atoms with E-state index in [0.717, 1.165) is 11.3 Å². The molecular weight excluding hydrogens is 280 g/mol. The Hall–Kier alpha value is -2.21. The number of fused-ring (bicyclic) bond motifs is 1. The van der Waals surface area contributed by atoms with Gasteiger partial charge in [0, 0.05) is 24.4 Å². The predicted octanol–water partition coefficient (Wildman–Crippen LogP) is 1.92. The Morgan fingerprint density at radius 3 is 2.85 bits per heavy atom. The van der Waals surface area contributed by atoms with Crippen LogP contribution in [0.5, 0.6) is 0 Å². The Labute approximate surface area is 119 Å². The van der Waals surface area contributed by atoms with Crippen molar-refractivity contribution in [3.63, 3.8) is 0 Å². The smallest absolute Gasteiger partial charge is 0.408 e. The molecule has 1 aromatic carbocycles. The van der Waals surface area contributed by atoms with Crippen LogP contribution in [-0.4, -0.2) is 14.3 Å². The van der Waals surface area contributed by atoms with Crippen LogP contribution in [0.25, 0.3) is 11.1 Å². The van der Waals surface area contributed by atoms with Gasteiger partial charge in [0.05, 0.1) is 17.8 Å². The standard InChI is InChI=1S/C13H13ClN4O2/c1-7-9(12(14)17(2)16-7)6-18-10-4-3-8(15)5-11(10)20-13(18)19/h3-5H,6,15H2,1-2H3. The molecular formula is C13H13ClN4O2. The molecule has 0 amide bonds. The van der Waals surface area contributed by atoms with Crippen molar-refractivity contribution in [3.05, 3.63) is 45.2 Å². The Morgan fingerprint density at radius 2 is 2.20 bits per heavy atom. The Morgan fingerprint density at radius 1 is 1.45 bits per heavy atom. The molecule has 0 unspecified atom stereocenters. The molecule has 3 aromatic rings. The Kier molecular flexibility index (Phi) is 2.83. The van der Waals surface area contributed by atoms with Gasteiger partial charge in [-0.2, -0.15) is 5.10 Å². The lowest BCUT2D eigenvalue weighted by molar-refractivity contribution is 0.517. The van der Waals surface area contributed by atoms with Gasteiger partial charge in [0.1, 0.15) is 5.15 Å². The fourth-order valence-electron chi connectivity index (χ4n) is 2.24. The van der Waals surface area contributed by atoms with Crippen LogP contribution >= 0.6 is 11.6 Å². The fraction of sp³-hybridized carbons (Fsp3) is 0.231. The number of halogens is 1. The van der Waals surface area contributed by atoms with Crippen LogP contribution in [0.1, 0.15) is 11.3 Å². The van der Waals surface area contributed by atoms with E-state index in [1.54, 1.807) is 29.9 Å². The van der Waals surface area contributed by atoms with Gasteiger partial charge in [-0.1, -0.05) is 11.6 Å². The molecule has 0 radical (unpaired) electrons. The van der Waals surface area contributed by atoms with Crippen molar-refractivity contribution in [2.24, 2.45) is 7.05 Å². The zero-order valence-corrected chi connectivity index (χ0v) is 11.8. The van der Waals surface area contributed by atoms with Crippen LogP contribution in [0.3, 0.4) is 0 Å². The highest BCUT2D eigenvalue weighted by Crippen LogP contribution is 2.22. The van der Waals surface area contributed by atoms with Gasteiger partial charge < -0.3 is 10.2 Å². The van der Waals surface area contributed by atoms with Crippen LogP contribution < -0.4 is 11.5 Å². The van der Waals surface area contributed by atoms with Gasteiger partial charge >= 0.3 is 5.76 Å². The molecule has 0 aliphatic rings. The summed E-state index contributed by atoms with van der Waals surface area (Å²) in [6.45, 7) is 2.17. The first kappa shape index (κ1) is 12.8. The van der Waals surface area contributed by atoms with E-state index in [1.807, 2.05) is 6.92 Å². The molecule has 0 saturated heterocycles. The van der Waals surface area contributed by atoms with Crippen LogP contribution in [0, 0.1) is 6.92 Å². The van der Waals surface area contributed by atoms with E-state index < -0.39 is 5.76 Å². The first-order valence-electron chi connectivity index (χ1n) is 6.04. The van der Waals surface area contributed by atoms with E-state index in [1.165, 1.54) is 4.57 Å². The molecule has 0 fully saturated rings. The Balaban J connectivity index is 2.16. The van der Waals surface area contributed by atoms with Gasteiger partial charge in [0.2, 0.25) is 0 Å². The number of nitrogen functional groups attached to an aromatic ring is 1. The molecule has 0 spiro atoms. The van der Waals surface area contributed by atoms with Crippen molar-refractivity contribution in [1.82, 2.24) is 14.3 Å². The van der Waals surface area contributed by atoms with Crippen LogP contribution in [0.2, 0.25) is 5.15 Å². The van der Waals surface area contributed by atoms with Gasteiger partial charge in [-0.05, 0) is 19.1 Å². The molecule has 0 aliphatic carbocycles. The lowest BCUT2D eigenvalue weighted by Gasteiger charge is -2.02. The monoisotopic (exact) mass is 292 g/mol. The van der Waals surface area contributed by atoms with Gasteiger partial charge in [-0.15, -0.1) is 0 Å². The zero-order chi connectivity index (χ0) is 14.4. The average molecular weight is 293 g/mol. The maximum absolute atomic E-state index is 12.0. The maximum Gasteiger partial charge on any atom is 0.420 e. The number of anilines is 1. The number of rotatable bonds is 2. The third kappa shape index (κ3) is 1.89. The molecule has 104 valence electrons. The number of hydrogen-bond donors (Lipinski definition) is 1. The molecule has 20 heavy (non-hydrogen) atoms. The number of oxazole rings is 1. The minimum Gasteiger partial charge on any atom is -0.408 e. The molecule has 2 aromatic heterocycles. The Bertz CT molecular complexity index is 859. The maximum atomic E-state index is 12.0. The zero-order valence-electron chi connectivity index (χ0n) is 11.1. The minimum atomic E-state index is -0.440. The molecule has 0 aliphatic heterocycles. The van der Waals surface area contributed by atoms with Crippen LogP contribution in [0.4, 0.5) is 5.69 Å². The lowest BCUT2D eigenvalue weighted by atomic mass is 10.2. The third-order valence-electron chi connectivity index (χ3n) is 3.28. The highest BCUT2D eigenvalue weighted by Gasteiger charge is 2.16. The lowest BCUT2D eigenvalue weighted by Crippen LogP contribution is -2.15. The van der Waals surface area contributed by atoms with E-state index in [0.29, 0.717) is 28.5 Å². The molecule has 2 N–H and O–H groups in total. The molecule has 0 atom stereocenters. The summed E-state index contributed by atoms with van der Waals surface area (Å²) < 4.78 is 8.30. The molecule has 0 bridgehead atoms. The average Bonchev–Trinajstić information content (AvgIpc) is 2.81. The van der Waals surface area contributed by atoms with Gasteiger partial charge in [-0.3, -0.25) is 9.25 Å². The van der Waals surface area contributed by atoms with E-state index >= 15 is 0 Å². The molecule has 2 heterocycles. The first-order valence-corrected chi connectivity index (χ1v) is 6.42. The van der Waals surface area contributed by atoms with Crippen molar-refractivity contribution in [2.45, 2.75) is 13.5 Å². The van der Waals surface area contributed by atoms with Crippen LogP contribution in [-0.2, 0) is 13.6 Å². The molecule has 7 heteroatoms. The highest BCUT2D eigenvalue weighted by molar-refractivity contribution is 6.30. The van der Waals surface area contributed by atoms with Gasteiger partial charge in [-0.25, -0.2) is 4.79 Å². The summed E-state index contributed by atoms with van der Waals surface area (Å²) in [7, 11) is 1.76. The number of aromatic nitrogens is 3. The SMILES string of the molecule is Cc1nn(C)c(Cl)c1Cn1c(=O)oc2cc(N)ccc21. The summed E-state index contributed by atoms with van der Waals surface area (Å²) in [5, 5.41) is 4.75. The van der Waals surface area contributed by atoms with E-state index in [4.69, 9.17) is 21.8 Å². The number of nitrogens with two attached hydrogens (primary N) is 1. The second-order valence-corrected chi connectivity index (χ2v) is 5.02. The fourth-order valence-corrected chi connectivity index (χ4v) is 2.48. The van der Waals surface area contributed by atoms with Crippen LogP contribution in [0.15, 0.2) is 27.4 Å². The number of hydrogen-bond acceptors (Lipinski definition) is 4. The topological polar surface area (TPSA) is 79.0 Å². The molecule has 3 rings (SSSR count). The summed E-state index contributed by atoms with van der Waals surface area (Å²) >= 11 is 6.19. The summed E-state index contributed by atoms with van der Waals surface area (Å²) in [6, 6.07) is 5.12. The van der Waals surface area contributed by atoms with Gasteiger partial charge in [0.15, 0.2) is 5.58 Å². The predicted molar refractivity (Wildman–Crippen MR) is 76.9 cm³/mol. The number of nitrogens with zero attached hydrogens (tertiary/aromatic N) is 3. The van der Waals surface area contributed by atoms with E-state index in [9.17, 15) is 4.79 Å². The largest absolute Gasteiger partial charge is 0.420 e. The van der Waals surface area contributed by atoms with Gasteiger partial charge in [0.25, 0.3) is 0 Å². The minimum absolute atomic E-state index is 0.314. The second kappa shape index (κ2) is 4.42. The van der Waals surface area contributed by atoms with E-state index in [-0.39, 0.29) is 0 Å². The quantitative estimate of drug-likeness (QED) is 0.732. The van der Waals surface area contributed by atoms with Crippen molar-refractivity contribution >= 4 is 28.4 Å². The summed E-state index contributed by atoms with van der Waals surface area (Å²) in [6.07, 6.45) is 0. The summed E-state index contributed by atoms with van der Waals surface area (Å²) in [5.41, 5.74) is 8.97. The molecule has 0 saturated carbocycles. The number of aryl methyl sites for hydroxylation is 2. The second-order valence-electron chi connectivity index (χ2n) is 4.66.